The number of hydrogen-bond donors (Lipinski definition) is 1. The fourth-order valence-corrected chi connectivity index (χ4v) is 2.14. The number of benzene rings is 1. The molecule has 0 bridgehead atoms. The SMILES string of the molecule is CCOC(=O)C(C(=O)OCC)[C@@H](C)c1ccc(O)c(OC)c1. The zero-order chi connectivity index (χ0) is 16.7. The first-order valence-corrected chi connectivity index (χ1v) is 7.16. The van der Waals surface area contributed by atoms with Crippen molar-refractivity contribution in [2.75, 3.05) is 20.3 Å². The first kappa shape index (κ1) is 17.8. The Morgan fingerprint density at radius 2 is 1.68 bits per heavy atom. The van der Waals surface area contributed by atoms with Crippen molar-refractivity contribution < 1.29 is 28.9 Å². The van der Waals surface area contributed by atoms with Crippen LogP contribution in [0.1, 0.15) is 32.3 Å². The van der Waals surface area contributed by atoms with E-state index >= 15 is 0 Å². The maximum Gasteiger partial charge on any atom is 0.320 e. The van der Waals surface area contributed by atoms with E-state index in [2.05, 4.69) is 0 Å². The summed E-state index contributed by atoms with van der Waals surface area (Å²) in [5.74, 6) is -2.53. The molecule has 1 aromatic carbocycles. The highest BCUT2D eigenvalue weighted by molar-refractivity contribution is 5.96. The van der Waals surface area contributed by atoms with Crippen LogP contribution in [0, 0.1) is 5.92 Å². The lowest BCUT2D eigenvalue weighted by atomic mass is 9.87. The highest BCUT2D eigenvalue weighted by atomic mass is 16.6. The second-order valence-corrected chi connectivity index (χ2v) is 4.70. The molecule has 0 aliphatic heterocycles. The summed E-state index contributed by atoms with van der Waals surface area (Å²) in [7, 11) is 1.43. The molecule has 1 N–H and O–H groups in total. The molecular weight excluding hydrogens is 288 g/mol. The molecule has 0 amide bonds. The number of ether oxygens (including phenoxy) is 3. The van der Waals surface area contributed by atoms with Crippen molar-refractivity contribution in [2.24, 2.45) is 5.92 Å². The molecule has 0 fully saturated rings. The van der Waals surface area contributed by atoms with Gasteiger partial charge < -0.3 is 19.3 Å². The summed E-state index contributed by atoms with van der Waals surface area (Å²) in [5.41, 5.74) is 0.667. The average Bonchev–Trinajstić information content (AvgIpc) is 2.48. The number of aromatic hydroxyl groups is 1. The molecule has 22 heavy (non-hydrogen) atoms. The summed E-state index contributed by atoms with van der Waals surface area (Å²) in [6.07, 6.45) is 0. The van der Waals surface area contributed by atoms with Crippen LogP contribution in [0.2, 0.25) is 0 Å². The fraction of sp³-hybridized carbons (Fsp3) is 0.500. The Bertz CT molecular complexity index is 507. The lowest BCUT2D eigenvalue weighted by molar-refractivity contribution is -0.162. The minimum atomic E-state index is -1.06. The molecule has 1 atom stereocenters. The number of esters is 2. The van der Waals surface area contributed by atoms with E-state index < -0.39 is 23.8 Å². The summed E-state index contributed by atoms with van der Waals surface area (Å²) in [6, 6.07) is 4.68. The van der Waals surface area contributed by atoms with E-state index in [1.165, 1.54) is 13.2 Å². The van der Waals surface area contributed by atoms with Crippen molar-refractivity contribution in [3.63, 3.8) is 0 Å². The molecule has 6 nitrogen and oxygen atoms in total. The fourth-order valence-electron chi connectivity index (χ4n) is 2.14. The topological polar surface area (TPSA) is 82.1 Å². The van der Waals surface area contributed by atoms with E-state index in [4.69, 9.17) is 14.2 Å². The van der Waals surface area contributed by atoms with Gasteiger partial charge in [0.1, 0.15) is 0 Å². The van der Waals surface area contributed by atoms with Crippen LogP contribution in [0.3, 0.4) is 0 Å². The maximum absolute atomic E-state index is 12.1. The van der Waals surface area contributed by atoms with Crippen molar-refractivity contribution in [1.29, 1.82) is 0 Å². The van der Waals surface area contributed by atoms with Crippen molar-refractivity contribution in [3.8, 4) is 11.5 Å². The standard InChI is InChI=1S/C16H22O6/c1-5-21-15(18)14(16(19)22-6-2)10(3)11-7-8-12(17)13(9-11)20-4/h7-10,14,17H,5-6H2,1-4H3/t10-/m0/s1. The summed E-state index contributed by atoms with van der Waals surface area (Å²) in [5, 5.41) is 9.63. The summed E-state index contributed by atoms with van der Waals surface area (Å²) >= 11 is 0. The van der Waals surface area contributed by atoms with Gasteiger partial charge in [-0.3, -0.25) is 9.59 Å². The van der Waals surface area contributed by atoms with Gasteiger partial charge in [-0.15, -0.1) is 0 Å². The Morgan fingerprint density at radius 3 is 2.14 bits per heavy atom. The molecular formula is C16H22O6. The van der Waals surface area contributed by atoms with Crippen LogP contribution in [0.5, 0.6) is 11.5 Å². The number of carbonyl (C=O) groups is 2. The second-order valence-electron chi connectivity index (χ2n) is 4.70. The normalized spacial score (nSPS) is 11.9. The van der Waals surface area contributed by atoms with Gasteiger partial charge in [0.2, 0.25) is 0 Å². The van der Waals surface area contributed by atoms with Gasteiger partial charge in [0, 0.05) is 5.92 Å². The van der Waals surface area contributed by atoms with Crippen molar-refractivity contribution in [2.45, 2.75) is 26.7 Å². The van der Waals surface area contributed by atoms with Crippen LogP contribution < -0.4 is 4.74 Å². The highest BCUT2D eigenvalue weighted by Gasteiger charge is 2.36. The highest BCUT2D eigenvalue weighted by Crippen LogP contribution is 2.33. The van der Waals surface area contributed by atoms with Gasteiger partial charge in [0.05, 0.1) is 20.3 Å². The van der Waals surface area contributed by atoms with Gasteiger partial charge in [-0.1, -0.05) is 13.0 Å². The molecule has 0 saturated carbocycles. The van der Waals surface area contributed by atoms with Crippen molar-refractivity contribution in [3.05, 3.63) is 23.8 Å². The summed E-state index contributed by atoms with van der Waals surface area (Å²) in [4.78, 5) is 24.2. The number of methoxy groups -OCH3 is 1. The molecule has 0 aliphatic carbocycles. The smallest absolute Gasteiger partial charge is 0.320 e. The molecule has 6 heteroatoms. The van der Waals surface area contributed by atoms with E-state index in [1.807, 2.05) is 0 Å². The number of carbonyl (C=O) groups excluding carboxylic acids is 2. The van der Waals surface area contributed by atoms with Gasteiger partial charge in [-0.2, -0.15) is 0 Å². The minimum Gasteiger partial charge on any atom is -0.504 e. The lowest BCUT2D eigenvalue weighted by Gasteiger charge is -2.21. The quantitative estimate of drug-likeness (QED) is 0.614. The number of phenols is 1. The number of phenolic OH excluding ortho intramolecular Hbond substituents is 1. The van der Waals surface area contributed by atoms with Gasteiger partial charge in [-0.25, -0.2) is 0 Å². The third kappa shape index (κ3) is 4.13. The van der Waals surface area contributed by atoms with Crippen LogP contribution in [-0.4, -0.2) is 37.4 Å². The van der Waals surface area contributed by atoms with Gasteiger partial charge in [0.25, 0.3) is 0 Å². The molecule has 1 aromatic rings. The van der Waals surface area contributed by atoms with Crippen LogP contribution >= 0.6 is 0 Å². The molecule has 0 heterocycles. The van der Waals surface area contributed by atoms with Crippen LogP contribution in [0.15, 0.2) is 18.2 Å². The largest absolute Gasteiger partial charge is 0.504 e. The molecule has 0 unspecified atom stereocenters. The van der Waals surface area contributed by atoms with E-state index in [0.29, 0.717) is 5.56 Å². The third-order valence-electron chi connectivity index (χ3n) is 3.31. The Morgan fingerprint density at radius 1 is 1.14 bits per heavy atom. The van der Waals surface area contributed by atoms with E-state index in [-0.39, 0.29) is 24.7 Å². The lowest BCUT2D eigenvalue weighted by Crippen LogP contribution is -2.32. The average molecular weight is 310 g/mol. The van der Waals surface area contributed by atoms with Crippen LogP contribution in [0.25, 0.3) is 0 Å². The number of rotatable bonds is 7. The predicted octanol–water partition coefficient (Wildman–Crippen LogP) is 2.25. The van der Waals surface area contributed by atoms with Crippen molar-refractivity contribution in [1.82, 2.24) is 0 Å². The molecule has 0 radical (unpaired) electrons. The minimum absolute atomic E-state index is 0.0118. The van der Waals surface area contributed by atoms with E-state index in [0.717, 1.165) is 0 Å². The first-order chi connectivity index (χ1) is 10.5. The van der Waals surface area contributed by atoms with E-state index in [9.17, 15) is 14.7 Å². The molecule has 1 rings (SSSR count). The Labute approximate surface area is 130 Å². The second kappa shape index (κ2) is 8.26. The van der Waals surface area contributed by atoms with Gasteiger partial charge >= 0.3 is 11.9 Å². The zero-order valence-electron chi connectivity index (χ0n) is 13.3. The van der Waals surface area contributed by atoms with Gasteiger partial charge in [0.15, 0.2) is 17.4 Å². The van der Waals surface area contributed by atoms with E-state index in [1.54, 1.807) is 32.9 Å². The predicted molar refractivity (Wildman–Crippen MR) is 79.8 cm³/mol. The molecule has 0 saturated heterocycles. The molecule has 122 valence electrons. The molecule has 0 spiro atoms. The Hall–Kier alpha value is -2.24. The van der Waals surface area contributed by atoms with Crippen LogP contribution in [-0.2, 0) is 19.1 Å². The van der Waals surface area contributed by atoms with Gasteiger partial charge in [-0.05, 0) is 31.5 Å². The zero-order valence-corrected chi connectivity index (χ0v) is 13.3. The van der Waals surface area contributed by atoms with Crippen LogP contribution in [0.4, 0.5) is 0 Å². The molecule has 0 aliphatic rings. The summed E-state index contributed by atoms with van der Waals surface area (Å²) < 4.78 is 15.0. The maximum atomic E-state index is 12.1. The molecule has 0 aromatic heterocycles. The Kier molecular flexibility index (Phi) is 6.69. The first-order valence-electron chi connectivity index (χ1n) is 7.16. The summed E-state index contributed by atoms with van der Waals surface area (Å²) in [6.45, 7) is 5.44. The monoisotopic (exact) mass is 310 g/mol. The third-order valence-corrected chi connectivity index (χ3v) is 3.31. The Balaban J connectivity index is 3.12. The number of hydrogen-bond acceptors (Lipinski definition) is 6. The van der Waals surface area contributed by atoms with Crippen molar-refractivity contribution >= 4 is 11.9 Å².